The first-order chi connectivity index (χ1) is 28.8. The van der Waals surface area contributed by atoms with Gasteiger partial charge in [-0.2, -0.15) is 0 Å². The zero-order chi connectivity index (χ0) is 38.2. The molecular formula is C54H34N4. The second-order valence-corrected chi connectivity index (χ2v) is 15.0. The molecule has 58 heavy (non-hydrogen) atoms. The number of hydrogen-bond donors (Lipinski definition) is 0. The third-order valence-electron chi connectivity index (χ3n) is 11.7. The second kappa shape index (κ2) is 12.9. The maximum Gasteiger partial charge on any atom is 0.161 e. The molecule has 0 amide bonds. The molecule has 270 valence electrons. The van der Waals surface area contributed by atoms with Gasteiger partial charge in [0, 0.05) is 49.3 Å². The molecule has 0 saturated carbocycles. The number of benzene rings is 9. The molecule has 0 spiro atoms. The van der Waals surface area contributed by atoms with Crippen molar-refractivity contribution < 1.29 is 0 Å². The van der Waals surface area contributed by atoms with Gasteiger partial charge in [-0.25, -0.2) is 9.97 Å². The Bertz CT molecular complexity index is 3490. The number of aromatic nitrogens is 4. The summed E-state index contributed by atoms with van der Waals surface area (Å²) < 4.78 is 4.89. The van der Waals surface area contributed by atoms with E-state index in [1.165, 1.54) is 43.4 Å². The standard InChI is InChI=1S/C54H34N4/c1-4-17-36(18-5-1)46-33-47(37-19-6-2-7-20-37)56-54(55-46)43-27-14-26-41-40(43)25-15-29-49(41)58-48-28-13-12-24-42(48)44-32-45-52(34-51(44)58)57(38-21-8-3-9-22-38)50-31-30-35-16-10-11-23-39(35)53(45)50/h1-34H. The van der Waals surface area contributed by atoms with E-state index >= 15 is 0 Å². The van der Waals surface area contributed by atoms with Crippen molar-refractivity contribution in [2.24, 2.45) is 0 Å². The van der Waals surface area contributed by atoms with Gasteiger partial charge in [0.05, 0.1) is 39.1 Å². The zero-order valence-corrected chi connectivity index (χ0v) is 31.4. The molecule has 0 aliphatic carbocycles. The van der Waals surface area contributed by atoms with Gasteiger partial charge in [0.1, 0.15) is 0 Å². The van der Waals surface area contributed by atoms with E-state index in [1.807, 2.05) is 12.1 Å². The second-order valence-electron chi connectivity index (χ2n) is 15.0. The lowest BCUT2D eigenvalue weighted by atomic mass is 10.0. The van der Waals surface area contributed by atoms with Crippen LogP contribution in [-0.4, -0.2) is 19.1 Å². The van der Waals surface area contributed by atoms with Crippen molar-refractivity contribution in [3.05, 3.63) is 206 Å². The maximum absolute atomic E-state index is 5.24. The van der Waals surface area contributed by atoms with E-state index in [2.05, 4.69) is 203 Å². The first-order valence-electron chi connectivity index (χ1n) is 19.8. The van der Waals surface area contributed by atoms with Gasteiger partial charge in [0.15, 0.2) is 5.82 Å². The van der Waals surface area contributed by atoms with Crippen LogP contribution in [0, 0.1) is 0 Å². The normalized spacial score (nSPS) is 11.8. The van der Waals surface area contributed by atoms with E-state index in [-0.39, 0.29) is 0 Å². The van der Waals surface area contributed by atoms with Crippen molar-refractivity contribution in [1.82, 2.24) is 19.1 Å². The molecule has 0 radical (unpaired) electrons. The third kappa shape index (κ3) is 4.95. The highest BCUT2D eigenvalue weighted by Crippen LogP contribution is 2.43. The molecule has 0 bridgehead atoms. The molecule has 4 nitrogen and oxygen atoms in total. The minimum Gasteiger partial charge on any atom is -0.309 e. The summed E-state index contributed by atoms with van der Waals surface area (Å²) >= 11 is 0. The molecule has 3 aromatic heterocycles. The van der Waals surface area contributed by atoms with Crippen LogP contribution in [0.25, 0.3) is 110 Å². The first-order valence-corrected chi connectivity index (χ1v) is 19.8. The molecule has 12 rings (SSSR count). The SMILES string of the molecule is c1ccc(-c2cc(-c3ccccc3)nc(-c3cccc4c(-n5c6ccccc6c6cc7c8c9ccccc9ccc8n(-c8ccccc8)c7cc65)cccc34)n2)cc1. The average Bonchev–Trinajstić information content (AvgIpc) is 3.80. The van der Waals surface area contributed by atoms with Crippen LogP contribution >= 0.6 is 0 Å². The zero-order valence-electron chi connectivity index (χ0n) is 31.4. The topological polar surface area (TPSA) is 35.6 Å². The van der Waals surface area contributed by atoms with Crippen LogP contribution in [0.4, 0.5) is 0 Å². The molecule has 0 aliphatic rings. The lowest BCUT2D eigenvalue weighted by molar-refractivity contribution is 1.17. The summed E-state index contributed by atoms with van der Waals surface area (Å²) in [4.78, 5) is 10.5. The van der Waals surface area contributed by atoms with E-state index < -0.39 is 0 Å². The molecule has 12 aromatic rings. The monoisotopic (exact) mass is 738 g/mol. The Kier molecular flexibility index (Phi) is 7.20. The number of fused-ring (bicyclic) bond motifs is 9. The van der Waals surface area contributed by atoms with E-state index in [9.17, 15) is 0 Å². The lowest BCUT2D eigenvalue weighted by Gasteiger charge is -2.15. The van der Waals surface area contributed by atoms with Crippen LogP contribution in [0.15, 0.2) is 206 Å². The van der Waals surface area contributed by atoms with Crippen LogP contribution in [0.2, 0.25) is 0 Å². The summed E-state index contributed by atoms with van der Waals surface area (Å²) in [6.45, 7) is 0. The third-order valence-corrected chi connectivity index (χ3v) is 11.7. The van der Waals surface area contributed by atoms with E-state index in [0.29, 0.717) is 5.82 Å². The highest BCUT2D eigenvalue weighted by molar-refractivity contribution is 6.25. The summed E-state index contributed by atoms with van der Waals surface area (Å²) in [7, 11) is 0. The summed E-state index contributed by atoms with van der Waals surface area (Å²) in [6.07, 6.45) is 0. The van der Waals surface area contributed by atoms with Crippen LogP contribution in [-0.2, 0) is 0 Å². The largest absolute Gasteiger partial charge is 0.309 e. The van der Waals surface area contributed by atoms with Crippen LogP contribution in [0.5, 0.6) is 0 Å². The van der Waals surface area contributed by atoms with Crippen LogP contribution in [0.3, 0.4) is 0 Å². The fraction of sp³-hybridized carbons (Fsp3) is 0. The van der Waals surface area contributed by atoms with E-state index in [4.69, 9.17) is 9.97 Å². The van der Waals surface area contributed by atoms with Gasteiger partial charge in [-0.15, -0.1) is 0 Å². The lowest BCUT2D eigenvalue weighted by Crippen LogP contribution is -1.99. The van der Waals surface area contributed by atoms with Gasteiger partial charge in [0.2, 0.25) is 0 Å². The van der Waals surface area contributed by atoms with E-state index in [0.717, 1.165) is 61.3 Å². The quantitative estimate of drug-likeness (QED) is 0.176. The van der Waals surface area contributed by atoms with Crippen LogP contribution in [0.1, 0.15) is 0 Å². The molecular weight excluding hydrogens is 705 g/mol. The van der Waals surface area contributed by atoms with Gasteiger partial charge in [-0.1, -0.05) is 158 Å². The molecule has 4 heteroatoms. The average molecular weight is 739 g/mol. The van der Waals surface area contributed by atoms with Gasteiger partial charge in [-0.05, 0) is 64.7 Å². The Balaban J connectivity index is 1.14. The first kappa shape index (κ1) is 32.4. The molecule has 0 saturated heterocycles. The van der Waals surface area contributed by atoms with Crippen LogP contribution < -0.4 is 0 Å². The number of rotatable bonds is 5. The van der Waals surface area contributed by atoms with Crippen molar-refractivity contribution in [3.8, 4) is 45.3 Å². The Morgan fingerprint density at radius 1 is 0.328 bits per heavy atom. The highest BCUT2D eigenvalue weighted by atomic mass is 15.0. The minimum atomic E-state index is 0.700. The van der Waals surface area contributed by atoms with Crippen molar-refractivity contribution in [2.75, 3.05) is 0 Å². The maximum atomic E-state index is 5.24. The molecule has 0 fully saturated rings. The summed E-state index contributed by atoms with van der Waals surface area (Å²) in [5.74, 6) is 0.700. The summed E-state index contributed by atoms with van der Waals surface area (Å²) in [6, 6.07) is 73.7. The fourth-order valence-corrected chi connectivity index (χ4v) is 9.13. The number of hydrogen-bond acceptors (Lipinski definition) is 2. The number of para-hydroxylation sites is 2. The molecule has 0 aliphatic heterocycles. The Labute approximate surface area is 334 Å². The fourth-order valence-electron chi connectivity index (χ4n) is 9.13. The van der Waals surface area contributed by atoms with Crippen molar-refractivity contribution >= 4 is 65.2 Å². The predicted molar refractivity (Wildman–Crippen MR) is 242 cm³/mol. The van der Waals surface area contributed by atoms with Gasteiger partial charge in [-0.3, -0.25) is 0 Å². The number of nitrogens with zero attached hydrogens (tertiary/aromatic N) is 4. The minimum absolute atomic E-state index is 0.700. The molecule has 0 N–H and O–H groups in total. The summed E-state index contributed by atoms with van der Waals surface area (Å²) in [5.41, 5.74) is 11.8. The molecule has 0 unspecified atom stereocenters. The van der Waals surface area contributed by atoms with Crippen molar-refractivity contribution in [1.29, 1.82) is 0 Å². The Morgan fingerprint density at radius 2 is 0.931 bits per heavy atom. The molecule has 0 atom stereocenters. The van der Waals surface area contributed by atoms with Gasteiger partial charge < -0.3 is 9.13 Å². The van der Waals surface area contributed by atoms with Crippen molar-refractivity contribution in [2.45, 2.75) is 0 Å². The van der Waals surface area contributed by atoms with Gasteiger partial charge in [0.25, 0.3) is 0 Å². The Morgan fingerprint density at radius 3 is 1.69 bits per heavy atom. The molecule has 3 heterocycles. The van der Waals surface area contributed by atoms with Crippen molar-refractivity contribution in [3.63, 3.8) is 0 Å². The van der Waals surface area contributed by atoms with Gasteiger partial charge >= 0.3 is 0 Å². The smallest absolute Gasteiger partial charge is 0.161 e. The highest BCUT2D eigenvalue weighted by Gasteiger charge is 2.21. The van der Waals surface area contributed by atoms with E-state index in [1.54, 1.807) is 0 Å². The summed E-state index contributed by atoms with van der Waals surface area (Å²) in [5, 5.41) is 9.70. The predicted octanol–water partition coefficient (Wildman–Crippen LogP) is 14.0. The molecule has 9 aromatic carbocycles. The Hall–Kier alpha value is -7.82.